The molecule has 0 rings (SSSR count). The topological polar surface area (TPSA) is 81.7 Å². The van der Waals surface area contributed by atoms with Gasteiger partial charge in [-0.1, -0.05) is 6.08 Å². The Morgan fingerprint density at radius 2 is 1.57 bits per heavy atom. The minimum atomic E-state index is -0.667. The molecule has 1 amide bonds. The molecule has 0 heterocycles. The van der Waals surface area contributed by atoms with Crippen LogP contribution in [-0.2, 0) is 19.1 Å². The summed E-state index contributed by atoms with van der Waals surface area (Å²) in [7, 11) is 0. The molecular weight excluding hydrogens is 274 g/mol. The standard InChI is InChI=1S/C15H25NO5/c1-14(2,3)20-12(18)10-11(8-7-9-17)16-13(19)21-15(4,5)6/h7-9,11H,10H2,1-6H3,(H,16,19)/b8-7+. The molecule has 120 valence electrons. The van der Waals surface area contributed by atoms with Crippen molar-refractivity contribution < 1.29 is 23.9 Å². The first-order valence-electron chi connectivity index (χ1n) is 6.76. The van der Waals surface area contributed by atoms with E-state index in [2.05, 4.69) is 5.32 Å². The molecule has 0 fully saturated rings. The van der Waals surface area contributed by atoms with E-state index in [4.69, 9.17) is 9.47 Å². The average Bonchev–Trinajstić information content (AvgIpc) is 2.20. The van der Waals surface area contributed by atoms with Gasteiger partial charge in [0.1, 0.15) is 17.5 Å². The molecule has 1 N–H and O–H groups in total. The lowest BCUT2D eigenvalue weighted by molar-refractivity contribution is -0.155. The van der Waals surface area contributed by atoms with E-state index in [-0.39, 0.29) is 6.42 Å². The lowest BCUT2D eigenvalue weighted by Gasteiger charge is -2.23. The summed E-state index contributed by atoms with van der Waals surface area (Å²) in [5.74, 6) is -0.473. The van der Waals surface area contributed by atoms with E-state index >= 15 is 0 Å². The molecule has 0 bridgehead atoms. The number of ether oxygens (including phenoxy) is 2. The van der Waals surface area contributed by atoms with Gasteiger partial charge >= 0.3 is 12.1 Å². The van der Waals surface area contributed by atoms with Crippen LogP contribution >= 0.6 is 0 Å². The normalized spacial score (nSPS) is 13.6. The predicted octanol–water partition coefficient (Wildman–Crippen LogP) is 2.37. The van der Waals surface area contributed by atoms with Crippen molar-refractivity contribution in [3.63, 3.8) is 0 Å². The number of hydrogen-bond donors (Lipinski definition) is 1. The minimum Gasteiger partial charge on any atom is -0.460 e. The van der Waals surface area contributed by atoms with Gasteiger partial charge in [-0.15, -0.1) is 0 Å². The maximum absolute atomic E-state index is 11.8. The number of allylic oxidation sites excluding steroid dienone is 1. The average molecular weight is 299 g/mol. The first-order valence-corrected chi connectivity index (χ1v) is 6.76. The second-order valence-electron chi connectivity index (χ2n) is 6.56. The third kappa shape index (κ3) is 11.7. The molecule has 1 atom stereocenters. The van der Waals surface area contributed by atoms with Crippen molar-refractivity contribution in [2.75, 3.05) is 0 Å². The van der Waals surface area contributed by atoms with Crippen LogP contribution < -0.4 is 5.32 Å². The number of amides is 1. The van der Waals surface area contributed by atoms with Crippen LogP contribution in [0.5, 0.6) is 0 Å². The monoisotopic (exact) mass is 299 g/mol. The van der Waals surface area contributed by atoms with E-state index in [1.165, 1.54) is 12.2 Å². The molecule has 1 unspecified atom stereocenters. The molecule has 0 aromatic rings. The number of aldehydes is 1. The highest BCUT2D eigenvalue weighted by atomic mass is 16.6. The highest BCUT2D eigenvalue weighted by Gasteiger charge is 2.22. The Morgan fingerprint density at radius 3 is 2.00 bits per heavy atom. The van der Waals surface area contributed by atoms with E-state index < -0.39 is 29.3 Å². The van der Waals surface area contributed by atoms with Crippen LogP contribution in [0.2, 0.25) is 0 Å². The minimum absolute atomic E-state index is 0.0825. The maximum atomic E-state index is 11.8. The van der Waals surface area contributed by atoms with Gasteiger partial charge in [-0.25, -0.2) is 4.79 Å². The van der Waals surface area contributed by atoms with Crippen molar-refractivity contribution in [3.8, 4) is 0 Å². The van der Waals surface area contributed by atoms with Crippen molar-refractivity contribution in [1.82, 2.24) is 5.32 Å². The molecule has 0 aliphatic carbocycles. The Balaban J connectivity index is 4.66. The molecule has 0 aromatic carbocycles. The zero-order valence-electron chi connectivity index (χ0n) is 13.6. The summed E-state index contributed by atoms with van der Waals surface area (Å²) < 4.78 is 10.3. The van der Waals surface area contributed by atoms with Crippen molar-refractivity contribution in [2.24, 2.45) is 0 Å². The Morgan fingerprint density at radius 1 is 1.05 bits per heavy atom. The summed E-state index contributed by atoms with van der Waals surface area (Å²) in [4.78, 5) is 33.8. The fourth-order valence-electron chi connectivity index (χ4n) is 1.37. The van der Waals surface area contributed by atoms with Crippen LogP contribution in [-0.4, -0.2) is 35.6 Å². The van der Waals surface area contributed by atoms with Gasteiger partial charge in [0, 0.05) is 0 Å². The summed E-state index contributed by atoms with van der Waals surface area (Å²) in [6.45, 7) is 10.5. The van der Waals surface area contributed by atoms with Crippen molar-refractivity contribution in [1.29, 1.82) is 0 Å². The quantitative estimate of drug-likeness (QED) is 0.479. The Bertz CT molecular complexity index is 371. The van der Waals surface area contributed by atoms with Gasteiger partial charge in [0.15, 0.2) is 0 Å². The number of hydrogen-bond acceptors (Lipinski definition) is 5. The molecular formula is C15H25NO5. The van der Waals surface area contributed by atoms with E-state index in [1.54, 1.807) is 41.5 Å². The highest BCUT2D eigenvalue weighted by molar-refractivity contribution is 5.74. The van der Waals surface area contributed by atoms with Gasteiger partial charge in [0.2, 0.25) is 0 Å². The van der Waals surface area contributed by atoms with Crippen LogP contribution in [0.15, 0.2) is 12.2 Å². The lowest BCUT2D eigenvalue weighted by Crippen LogP contribution is -2.40. The van der Waals surface area contributed by atoms with Crippen LogP contribution in [0.1, 0.15) is 48.0 Å². The summed E-state index contributed by atoms with van der Waals surface area (Å²) in [6, 6.07) is -0.667. The predicted molar refractivity (Wildman–Crippen MR) is 78.8 cm³/mol. The van der Waals surface area contributed by atoms with Gasteiger partial charge in [-0.05, 0) is 47.6 Å². The largest absolute Gasteiger partial charge is 0.460 e. The van der Waals surface area contributed by atoms with E-state index in [0.29, 0.717) is 6.29 Å². The number of rotatable bonds is 5. The smallest absolute Gasteiger partial charge is 0.408 e. The second kappa shape index (κ2) is 7.81. The molecule has 0 saturated carbocycles. The number of nitrogens with one attached hydrogen (secondary N) is 1. The number of carbonyl (C=O) groups excluding carboxylic acids is 3. The van der Waals surface area contributed by atoms with Gasteiger partial charge in [-0.2, -0.15) is 0 Å². The maximum Gasteiger partial charge on any atom is 0.408 e. The van der Waals surface area contributed by atoms with Crippen LogP contribution in [0, 0.1) is 0 Å². The van der Waals surface area contributed by atoms with Crippen LogP contribution in [0.3, 0.4) is 0 Å². The van der Waals surface area contributed by atoms with Gasteiger partial charge in [0.05, 0.1) is 12.5 Å². The molecule has 0 radical (unpaired) electrons. The van der Waals surface area contributed by atoms with E-state index in [9.17, 15) is 14.4 Å². The molecule has 0 saturated heterocycles. The van der Waals surface area contributed by atoms with E-state index in [0.717, 1.165) is 0 Å². The Hall–Kier alpha value is -1.85. The van der Waals surface area contributed by atoms with Gasteiger partial charge in [0.25, 0.3) is 0 Å². The number of carbonyl (C=O) groups is 3. The molecule has 0 aliphatic rings. The summed E-state index contributed by atoms with van der Waals surface area (Å²) in [5.41, 5.74) is -1.25. The number of esters is 1. The lowest BCUT2D eigenvalue weighted by atomic mass is 10.1. The Labute approximate surface area is 125 Å². The fraction of sp³-hybridized carbons (Fsp3) is 0.667. The van der Waals surface area contributed by atoms with Gasteiger partial charge in [-0.3, -0.25) is 9.59 Å². The fourth-order valence-corrected chi connectivity index (χ4v) is 1.37. The van der Waals surface area contributed by atoms with Crippen molar-refractivity contribution in [2.45, 2.75) is 65.2 Å². The zero-order valence-corrected chi connectivity index (χ0v) is 13.6. The first kappa shape index (κ1) is 19.1. The summed E-state index contributed by atoms with van der Waals surface area (Å²) in [5, 5.41) is 2.52. The molecule has 0 aliphatic heterocycles. The van der Waals surface area contributed by atoms with Crippen LogP contribution in [0.25, 0.3) is 0 Å². The molecule has 21 heavy (non-hydrogen) atoms. The highest BCUT2D eigenvalue weighted by Crippen LogP contribution is 2.11. The third-order valence-electron chi connectivity index (χ3n) is 1.93. The third-order valence-corrected chi connectivity index (χ3v) is 1.93. The van der Waals surface area contributed by atoms with Gasteiger partial charge < -0.3 is 14.8 Å². The summed E-state index contributed by atoms with van der Waals surface area (Å²) >= 11 is 0. The number of alkyl carbamates (subject to hydrolysis) is 1. The summed E-state index contributed by atoms with van der Waals surface area (Å²) in [6.07, 6.45) is 2.46. The molecule has 0 aromatic heterocycles. The van der Waals surface area contributed by atoms with Crippen molar-refractivity contribution in [3.05, 3.63) is 12.2 Å². The molecule has 6 heteroatoms. The SMILES string of the molecule is CC(C)(C)OC(=O)CC(/C=C/C=O)NC(=O)OC(C)(C)C. The second-order valence-corrected chi connectivity index (χ2v) is 6.56. The first-order chi connectivity index (χ1) is 9.43. The van der Waals surface area contributed by atoms with Crippen molar-refractivity contribution >= 4 is 18.3 Å². The Kier molecular flexibility index (Phi) is 7.12. The molecule has 6 nitrogen and oxygen atoms in total. The zero-order chi connectivity index (χ0) is 16.7. The van der Waals surface area contributed by atoms with E-state index in [1.807, 2.05) is 0 Å². The van der Waals surface area contributed by atoms with Crippen LogP contribution in [0.4, 0.5) is 4.79 Å². The molecule has 0 spiro atoms.